The Morgan fingerprint density at radius 1 is 1.09 bits per heavy atom. The van der Waals surface area contributed by atoms with Crippen LogP contribution in [0.15, 0.2) is 78.5 Å². The van der Waals surface area contributed by atoms with Gasteiger partial charge in [-0.2, -0.15) is 5.26 Å². The van der Waals surface area contributed by atoms with Gasteiger partial charge in [0.05, 0.1) is 15.9 Å². The van der Waals surface area contributed by atoms with Gasteiger partial charge in [0, 0.05) is 30.1 Å². The Morgan fingerprint density at radius 3 is 2.44 bits per heavy atom. The second kappa shape index (κ2) is 9.57. The summed E-state index contributed by atoms with van der Waals surface area (Å²) >= 11 is 1.62. The topological polar surface area (TPSA) is 112 Å². The number of aryl methyl sites for hydroxylation is 1. The molecule has 1 aromatic heterocycles. The number of nitrogen functional groups attached to an aromatic ring is 1. The molecule has 34 heavy (non-hydrogen) atoms. The van der Waals surface area contributed by atoms with Gasteiger partial charge in [-0.3, -0.25) is 9.59 Å². The van der Waals surface area contributed by atoms with Gasteiger partial charge in [-0.25, -0.2) is 9.88 Å². The molecule has 0 unspecified atom stereocenters. The van der Waals surface area contributed by atoms with Crippen molar-refractivity contribution in [3.8, 4) is 16.6 Å². The van der Waals surface area contributed by atoms with Crippen LogP contribution in [0.25, 0.3) is 20.8 Å². The van der Waals surface area contributed by atoms with Crippen LogP contribution < -0.4 is 16.0 Å². The van der Waals surface area contributed by atoms with Gasteiger partial charge in [-0.1, -0.05) is 6.07 Å². The fourth-order valence-electron chi connectivity index (χ4n) is 3.35. The van der Waals surface area contributed by atoms with Gasteiger partial charge in [0.25, 0.3) is 5.91 Å². The number of nitrogens with one attached hydrogen (secondary N) is 1. The normalized spacial score (nSPS) is 11.1. The molecule has 3 aromatic carbocycles. The number of hydrogen-bond donors (Lipinski definition) is 2. The number of amides is 2. The minimum Gasteiger partial charge on any atom is -0.399 e. The fourth-order valence-corrected chi connectivity index (χ4v) is 4.42. The maximum Gasteiger partial charge on any atom is 0.277 e. The molecule has 3 N–H and O–H groups in total. The molecule has 168 valence electrons. The van der Waals surface area contributed by atoms with Gasteiger partial charge in [-0.05, 0) is 73.2 Å². The number of fused-ring (bicyclic) bond motifs is 1. The Balaban J connectivity index is 1.52. The van der Waals surface area contributed by atoms with E-state index >= 15 is 0 Å². The average Bonchev–Trinajstić information content (AvgIpc) is 3.24. The van der Waals surface area contributed by atoms with E-state index in [4.69, 9.17) is 5.73 Å². The molecule has 0 spiro atoms. The molecule has 0 aliphatic carbocycles. The van der Waals surface area contributed by atoms with Crippen molar-refractivity contribution in [2.45, 2.75) is 13.8 Å². The van der Waals surface area contributed by atoms with Crippen molar-refractivity contribution in [1.82, 2.24) is 4.98 Å². The third kappa shape index (κ3) is 4.80. The molecule has 0 saturated carbocycles. The maximum atomic E-state index is 12.9. The highest BCUT2D eigenvalue weighted by Crippen LogP contribution is 2.31. The lowest BCUT2D eigenvalue weighted by atomic mass is 10.2. The number of thiazole rings is 1. The molecular formula is C26H21N5O2S. The number of carbonyl (C=O) groups excluding carboxylic acids is 2. The summed E-state index contributed by atoms with van der Waals surface area (Å²) < 4.78 is 1.13. The first-order valence-electron chi connectivity index (χ1n) is 10.4. The van der Waals surface area contributed by atoms with E-state index in [9.17, 15) is 14.9 Å². The van der Waals surface area contributed by atoms with Crippen LogP contribution in [0.2, 0.25) is 0 Å². The van der Waals surface area contributed by atoms with Crippen LogP contribution in [0, 0.1) is 18.3 Å². The van der Waals surface area contributed by atoms with Crippen LogP contribution >= 0.6 is 11.3 Å². The summed E-state index contributed by atoms with van der Waals surface area (Å²) in [5, 5.41) is 13.4. The standard InChI is InChI=1S/C26H21N5O2S/c1-16-3-12-23-24(13-16)34-25(30-23)18-4-8-21(9-5-18)29-15-19(14-27)26(33)31(17(2)32)22-10-6-20(28)7-11-22/h3-13,15,29H,28H2,1-2H3/b19-15-. The molecule has 1 heterocycles. The minimum atomic E-state index is -0.728. The van der Waals surface area contributed by atoms with Crippen LogP contribution in [0.5, 0.6) is 0 Å². The van der Waals surface area contributed by atoms with Crippen LogP contribution in [0.3, 0.4) is 0 Å². The van der Waals surface area contributed by atoms with E-state index in [1.165, 1.54) is 18.7 Å². The molecule has 4 rings (SSSR count). The van der Waals surface area contributed by atoms with Crippen molar-refractivity contribution in [3.63, 3.8) is 0 Å². The number of benzene rings is 3. The van der Waals surface area contributed by atoms with Crippen LogP contribution in [0.1, 0.15) is 12.5 Å². The molecule has 2 amide bonds. The SMILES string of the molecule is CC(=O)N(C(=O)/C(C#N)=C\Nc1ccc(-c2nc3ccc(C)cc3s2)cc1)c1ccc(N)cc1. The highest BCUT2D eigenvalue weighted by Gasteiger charge is 2.24. The molecule has 0 fully saturated rings. The summed E-state index contributed by atoms with van der Waals surface area (Å²) in [7, 11) is 0. The quantitative estimate of drug-likeness (QED) is 0.235. The van der Waals surface area contributed by atoms with Gasteiger partial charge in [0.15, 0.2) is 0 Å². The average molecular weight is 468 g/mol. The molecule has 0 aliphatic rings. The zero-order valence-corrected chi connectivity index (χ0v) is 19.4. The van der Waals surface area contributed by atoms with E-state index in [1.54, 1.807) is 35.6 Å². The van der Waals surface area contributed by atoms with Crippen molar-refractivity contribution in [1.29, 1.82) is 5.26 Å². The Kier molecular flexibility index (Phi) is 6.39. The van der Waals surface area contributed by atoms with Crippen LogP contribution in [-0.2, 0) is 9.59 Å². The number of rotatable bonds is 5. The monoisotopic (exact) mass is 467 g/mol. The molecule has 0 bridgehead atoms. The third-order valence-electron chi connectivity index (χ3n) is 5.08. The first-order chi connectivity index (χ1) is 16.4. The number of nitriles is 1. The van der Waals surface area contributed by atoms with Crippen LogP contribution in [-0.4, -0.2) is 16.8 Å². The van der Waals surface area contributed by atoms with Gasteiger partial charge < -0.3 is 11.1 Å². The zero-order chi connectivity index (χ0) is 24.2. The predicted molar refractivity (Wildman–Crippen MR) is 136 cm³/mol. The number of carbonyl (C=O) groups is 2. The lowest BCUT2D eigenvalue weighted by Gasteiger charge is -2.19. The molecule has 0 atom stereocenters. The van der Waals surface area contributed by atoms with Crippen LogP contribution in [0.4, 0.5) is 17.1 Å². The summed E-state index contributed by atoms with van der Waals surface area (Å²) in [5.41, 5.74) is 10.1. The van der Waals surface area contributed by atoms with E-state index in [0.717, 1.165) is 25.7 Å². The third-order valence-corrected chi connectivity index (χ3v) is 6.15. The molecule has 0 saturated heterocycles. The largest absolute Gasteiger partial charge is 0.399 e. The Labute approximate surface area is 200 Å². The molecular weight excluding hydrogens is 446 g/mol. The summed E-state index contributed by atoms with van der Waals surface area (Å²) in [6.07, 6.45) is 1.30. The molecule has 0 aliphatic heterocycles. The number of hydrogen-bond acceptors (Lipinski definition) is 7. The first kappa shape index (κ1) is 22.7. The van der Waals surface area contributed by atoms with Crippen molar-refractivity contribution in [2.75, 3.05) is 16.0 Å². The Bertz CT molecular complexity index is 1450. The van der Waals surface area contributed by atoms with E-state index in [-0.39, 0.29) is 5.57 Å². The highest BCUT2D eigenvalue weighted by molar-refractivity contribution is 7.21. The minimum absolute atomic E-state index is 0.211. The summed E-state index contributed by atoms with van der Waals surface area (Å²) in [6, 6.07) is 21.8. The summed E-state index contributed by atoms with van der Waals surface area (Å²) in [5.74, 6) is -1.24. The predicted octanol–water partition coefficient (Wildman–Crippen LogP) is 5.25. The lowest BCUT2D eigenvalue weighted by Crippen LogP contribution is -2.36. The van der Waals surface area contributed by atoms with Crippen molar-refractivity contribution >= 4 is 50.4 Å². The highest BCUT2D eigenvalue weighted by atomic mass is 32.1. The van der Waals surface area contributed by atoms with Crippen molar-refractivity contribution < 1.29 is 9.59 Å². The summed E-state index contributed by atoms with van der Waals surface area (Å²) in [6.45, 7) is 3.32. The molecule has 8 heteroatoms. The molecule has 4 aromatic rings. The maximum absolute atomic E-state index is 12.9. The first-order valence-corrected chi connectivity index (χ1v) is 11.2. The van der Waals surface area contributed by atoms with Crippen molar-refractivity contribution in [3.05, 3.63) is 84.1 Å². The Hall–Kier alpha value is -4.48. The number of anilines is 3. The summed E-state index contributed by atoms with van der Waals surface area (Å²) in [4.78, 5) is 30.7. The van der Waals surface area contributed by atoms with Gasteiger partial charge in [0.1, 0.15) is 16.6 Å². The number of nitrogens with zero attached hydrogens (tertiary/aromatic N) is 3. The second-order valence-corrected chi connectivity index (χ2v) is 8.66. The lowest BCUT2D eigenvalue weighted by molar-refractivity contribution is -0.123. The molecule has 7 nitrogen and oxygen atoms in total. The van der Waals surface area contributed by atoms with Gasteiger partial charge >= 0.3 is 0 Å². The van der Waals surface area contributed by atoms with E-state index in [0.29, 0.717) is 17.1 Å². The Morgan fingerprint density at radius 2 is 1.79 bits per heavy atom. The molecule has 0 radical (unpaired) electrons. The second-order valence-electron chi connectivity index (χ2n) is 7.63. The van der Waals surface area contributed by atoms with E-state index in [2.05, 4.69) is 23.3 Å². The van der Waals surface area contributed by atoms with Gasteiger partial charge in [-0.15, -0.1) is 11.3 Å². The van der Waals surface area contributed by atoms with E-state index in [1.807, 2.05) is 42.5 Å². The number of aromatic nitrogens is 1. The van der Waals surface area contributed by atoms with Gasteiger partial charge in [0.2, 0.25) is 5.91 Å². The number of imide groups is 1. The smallest absolute Gasteiger partial charge is 0.277 e. The zero-order valence-electron chi connectivity index (χ0n) is 18.6. The van der Waals surface area contributed by atoms with E-state index < -0.39 is 11.8 Å². The fraction of sp³-hybridized carbons (Fsp3) is 0.0769. The number of nitrogens with two attached hydrogens (primary N) is 1. The van der Waals surface area contributed by atoms with Crippen molar-refractivity contribution in [2.24, 2.45) is 0 Å².